The van der Waals surface area contributed by atoms with Gasteiger partial charge in [0.05, 0.1) is 12.5 Å². The summed E-state index contributed by atoms with van der Waals surface area (Å²) in [6, 6.07) is 11.0. The number of aryl methyl sites for hydroxylation is 1. The van der Waals surface area contributed by atoms with E-state index in [1.54, 1.807) is 23.8 Å². The van der Waals surface area contributed by atoms with Crippen molar-refractivity contribution < 1.29 is 9.53 Å². The normalized spacial score (nSPS) is 20.0. The van der Waals surface area contributed by atoms with E-state index >= 15 is 0 Å². The number of nitrogens with zero attached hydrogens (tertiary/aromatic N) is 5. The quantitative estimate of drug-likeness (QED) is 0.664. The Hall–Kier alpha value is -3.42. The topological polar surface area (TPSA) is 82.2 Å². The number of likely N-dealkylation sites (tertiary alicyclic amines) is 1. The van der Waals surface area contributed by atoms with Gasteiger partial charge in [-0.2, -0.15) is 0 Å². The van der Waals surface area contributed by atoms with Crippen LogP contribution in [-0.2, 0) is 19.0 Å². The summed E-state index contributed by atoms with van der Waals surface area (Å²) >= 11 is 0. The molecule has 0 radical (unpaired) electrons. The molecular formula is C22H23N5O3. The summed E-state index contributed by atoms with van der Waals surface area (Å²) in [6.45, 7) is 1.81. The number of hydrogen-bond acceptors (Lipinski definition) is 5. The Labute approximate surface area is 173 Å². The van der Waals surface area contributed by atoms with E-state index in [-0.39, 0.29) is 16.9 Å². The monoisotopic (exact) mass is 405 g/mol. The summed E-state index contributed by atoms with van der Waals surface area (Å²) < 4.78 is 8.76. The van der Waals surface area contributed by atoms with E-state index in [0.29, 0.717) is 36.8 Å². The van der Waals surface area contributed by atoms with Gasteiger partial charge >= 0.3 is 0 Å². The van der Waals surface area contributed by atoms with E-state index in [9.17, 15) is 9.59 Å². The summed E-state index contributed by atoms with van der Waals surface area (Å²) in [5.41, 5.74) is 1.30. The molecule has 1 atom stereocenters. The van der Waals surface area contributed by atoms with Crippen molar-refractivity contribution in [2.75, 3.05) is 20.2 Å². The van der Waals surface area contributed by atoms with Crippen LogP contribution in [0.15, 0.2) is 47.4 Å². The number of benzene rings is 1. The van der Waals surface area contributed by atoms with Crippen LogP contribution in [-0.4, -0.2) is 50.3 Å². The lowest BCUT2D eigenvalue weighted by Gasteiger charge is -2.23. The van der Waals surface area contributed by atoms with Gasteiger partial charge in [-0.05, 0) is 49.2 Å². The van der Waals surface area contributed by atoms with Gasteiger partial charge in [-0.3, -0.25) is 14.2 Å². The fraction of sp³-hybridized carbons (Fsp3) is 0.364. The van der Waals surface area contributed by atoms with Crippen LogP contribution in [0.1, 0.15) is 29.2 Å². The number of hydrogen-bond donors (Lipinski definition) is 0. The third kappa shape index (κ3) is 2.74. The molecule has 0 unspecified atom stereocenters. The van der Waals surface area contributed by atoms with E-state index < -0.39 is 0 Å². The van der Waals surface area contributed by atoms with Crippen LogP contribution < -0.4 is 10.3 Å². The second-order valence-corrected chi connectivity index (χ2v) is 8.07. The van der Waals surface area contributed by atoms with Gasteiger partial charge in [-0.15, -0.1) is 10.2 Å². The smallest absolute Gasteiger partial charge is 0.280 e. The largest absolute Gasteiger partial charge is 0.497 e. The molecule has 2 aliphatic heterocycles. The number of rotatable bonds is 3. The van der Waals surface area contributed by atoms with Gasteiger partial charge in [0.15, 0.2) is 5.69 Å². The van der Waals surface area contributed by atoms with E-state index in [0.717, 1.165) is 24.2 Å². The minimum atomic E-state index is -0.300. The molecular weight excluding hydrogens is 382 g/mol. The maximum absolute atomic E-state index is 13.1. The number of carbonyl (C=O) groups is 1. The lowest BCUT2D eigenvalue weighted by Crippen LogP contribution is -2.36. The van der Waals surface area contributed by atoms with E-state index in [2.05, 4.69) is 10.2 Å². The van der Waals surface area contributed by atoms with E-state index in [1.807, 2.05) is 47.0 Å². The zero-order chi connectivity index (χ0) is 20.9. The Kier molecular flexibility index (Phi) is 4.23. The lowest BCUT2D eigenvalue weighted by atomic mass is 9.85. The molecule has 0 aliphatic carbocycles. The highest BCUT2D eigenvalue weighted by Gasteiger charge is 2.48. The van der Waals surface area contributed by atoms with Gasteiger partial charge in [-0.1, -0.05) is 0 Å². The van der Waals surface area contributed by atoms with Gasteiger partial charge in [-0.25, -0.2) is 0 Å². The molecule has 3 aromatic rings. The third-order valence-corrected chi connectivity index (χ3v) is 6.40. The Morgan fingerprint density at radius 3 is 2.57 bits per heavy atom. The molecule has 1 amide bonds. The number of carbonyl (C=O) groups excluding carboxylic acids is 1. The second kappa shape index (κ2) is 6.83. The molecule has 2 aromatic heterocycles. The molecule has 0 N–H and O–H groups in total. The van der Waals surface area contributed by atoms with Crippen molar-refractivity contribution in [3.05, 3.63) is 64.5 Å². The van der Waals surface area contributed by atoms with Gasteiger partial charge in [0.1, 0.15) is 17.3 Å². The molecule has 8 heteroatoms. The first-order valence-corrected chi connectivity index (χ1v) is 10.1. The molecule has 1 saturated heterocycles. The summed E-state index contributed by atoms with van der Waals surface area (Å²) in [6.07, 6.45) is 3.45. The Balaban J connectivity index is 1.45. The highest BCUT2D eigenvalue weighted by atomic mass is 16.5. The van der Waals surface area contributed by atoms with Crippen molar-refractivity contribution in [3.63, 3.8) is 0 Å². The van der Waals surface area contributed by atoms with Crippen molar-refractivity contribution in [3.8, 4) is 17.0 Å². The first-order chi connectivity index (χ1) is 14.5. The van der Waals surface area contributed by atoms with Crippen molar-refractivity contribution in [2.45, 2.75) is 24.8 Å². The van der Waals surface area contributed by atoms with Crippen LogP contribution in [0.4, 0.5) is 0 Å². The lowest BCUT2D eigenvalue weighted by molar-refractivity contribution is 0.0773. The van der Waals surface area contributed by atoms with E-state index in [1.165, 1.54) is 0 Å². The molecule has 5 rings (SSSR count). The van der Waals surface area contributed by atoms with Crippen LogP contribution in [0.2, 0.25) is 0 Å². The summed E-state index contributed by atoms with van der Waals surface area (Å²) in [4.78, 5) is 27.9. The van der Waals surface area contributed by atoms with Gasteiger partial charge in [0.2, 0.25) is 0 Å². The zero-order valence-electron chi connectivity index (χ0n) is 17.0. The zero-order valence-corrected chi connectivity index (χ0v) is 17.0. The van der Waals surface area contributed by atoms with Gasteiger partial charge in [0, 0.05) is 38.4 Å². The van der Waals surface area contributed by atoms with Gasteiger partial charge in [0.25, 0.3) is 11.5 Å². The van der Waals surface area contributed by atoms with Crippen molar-refractivity contribution in [2.24, 2.45) is 7.05 Å². The Morgan fingerprint density at radius 2 is 1.87 bits per heavy atom. The number of fused-ring (bicyclic) bond motifs is 2. The van der Waals surface area contributed by atoms with Crippen LogP contribution in [0.3, 0.4) is 0 Å². The first-order valence-electron chi connectivity index (χ1n) is 10.1. The molecule has 4 heterocycles. The molecule has 1 aromatic carbocycles. The minimum absolute atomic E-state index is 0.0167. The summed E-state index contributed by atoms with van der Waals surface area (Å²) in [7, 11) is 3.47. The van der Waals surface area contributed by atoms with Crippen LogP contribution in [0.5, 0.6) is 5.75 Å². The fourth-order valence-electron chi connectivity index (χ4n) is 4.66. The molecule has 0 bridgehead atoms. The third-order valence-electron chi connectivity index (χ3n) is 6.40. The number of amides is 1. The average molecular weight is 405 g/mol. The molecule has 2 aliphatic rings. The highest BCUT2D eigenvalue weighted by molar-refractivity contribution is 5.93. The number of aromatic nitrogens is 4. The molecule has 1 fully saturated rings. The minimum Gasteiger partial charge on any atom is -0.497 e. The van der Waals surface area contributed by atoms with Crippen LogP contribution in [0, 0.1) is 0 Å². The maximum Gasteiger partial charge on any atom is 0.280 e. The summed E-state index contributed by atoms with van der Waals surface area (Å²) in [5, 5.41) is 8.78. The standard InChI is InChI=1S/C22H23N5O3/c1-25-11-3-4-17(25)19(28)26-12-9-22(14-26)10-13-27-20(29)18(23-24-21(22)27)15-5-7-16(30-2)8-6-15/h3-8,11H,9-10,12-14H2,1-2H3/t22-/m0/s1. The first kappa shape index (κ1) is 18.6. The maximum atomic E-state index is 13.1. The van der Waals surface area contributed by atoms with Crippen LogP contribution in [0.25, 0.3) is 11.3 Å². The molecule has 1 spiro atoms. The summed E-state index contributed by atoms with van der Waals surface area (Å²) in [5.74, 6) is 1.44. The number of ether oxygens (including phenoxy) is 1. The predicted molar refractivity (Wildman–Crippen MR) is 111 cm³/mol. The van der Waals surface area contributed by atoms with Crippen LogP contribution >= 0.6 is 0 Å². The van der Waals surface area contributed by atoms with E-state index in [4.69, 9.17) is 4.74 Å². The second-order valence-electron chi connectivity index (χ2n) is 8.07. The van der Waals surface area contributed by atoms with Gasteiger partial charge < -0.3 is 14.2 Å². The Bertz CT molecular complexity index is 1180. The average Bonchev–Trinajstić information content (AvgIpc) is 3.48. The molecule has 8 nitrogen and oxygen atoms in total. The molecule has 0 saturated carbocycles. The predicted octanol–water partition coefficient (Wildman–Crippen LogP) is 1.84. The fourth-order valence-corrected chi connectivity index (χ4v) is 4.66. The van der Waals surface area contributed by atoms with Crippen molar-refractivity contribution >= 4 is 5.91 Å². The SMILES string of the molecule is COc1ccc(-c2nnc3n(c2=O)CC[C@]32CCN(C(=O)c3cccn3C)C2)cc1. The molecule has 154 valence electrons. The van der Waals surface area contributed by atoms with Crippen molar-refractivity contribution in [1.29, 1.82) is 0 Å². The number of methoxy groups -OCH3 is 1. The Morgan fingerprint density at radius 1 is 1.10 bits per heavy atom. The highest BCUT2D eigenvalue weighted by Crippen LogP contribution is 2.41. The molecule has 30 heavy (non-hydrogen) atoms. The van der Waals surface area contributed by atoms with Crippen molar-refractivity contribution in [1.82, 2.24) is 24.2 Å².